The first-order chi connectivity index (χ1) is 12.2. The second kappa shape index (κ2) is 6.96. The molecule has 0 radical (unpaired) electrons. The summed E-state index contributed by atoms with van der Waals surface area (Å²) in [7, 11) is 1.56. The second-order valence-corrected chi connectivity index (χ2v) is 7.69. The highest BCUT2D eigenvalue weighted by Crippen LogP contribution is 2.31. The number of carbonyl (C=O) groups excluding carboxylic acids is 1. The highest BCUT2D eigenvalue weighted by molar-refractivity contribution is 6.33. The van der Waals surface area contributed by atoms with Crippen LogP contribution in [0.4, 0.5) is 5.69 Å². The van der Waals surface area contributed by atoms with Gasteiger partial charge in [-0.3, -0.25) is 4.79 Å². The molecule has 1 amide bonds. The zero-order valence-corrected chi connectivity index (χ0v) is 16.0. The number of nitrogens with zero attached hydrogens (tertiary/aromatic N) is 3. The molecule has 0 unspecified atom stereocenters. The van der Waals surface area contributed by atoms with Crippen molar-refractivity contribution in [2.24, 2.45) is 5.41 Å². The first-order valence-corrected chi connectivity index (χ1v) is 8.63. The van der Waals surface area contributed by atoms with Gasteiger partial charge in [0.1, 0.15) is 0 Å². The molecular formula is C19H21ClN4O2. The molecule has 3 aromatic rings. The number of hydrogen-bond acceptors (Lipinski definition) is 4. The number of rotatable bonds is 4. The van der Waals surface area contributed by atoms with Crippen molar-refractivity contribution in [1.82, 2.24) is 14.6 Å². The fraction of sp³-hybridized carbons (Fsp3) is 0.316. The minimum atomic E-state index is -0.0777. The van der Waals surface area contributed by atoms with Gasteiger partial charge in [-0.1, -0.05) is 32.4 Å². The summed E-state index contributed by atoms with van der Waals surface area (Å²) >= 11 is 6.35. The lowest BCUT2D eigenvalue weighted by Gasteiger charge is -2.17. The second-order valence-electron chi connectivity index (χ2n) is 7.28. The third kappa shape index (κ3) is 4.14. The normalized spacial score (nSPS) is 11.6. The van der Waals surface area contributed by atoms with Crippen LogP contribution in [-0.4, -0.2) is 27.6 Å². The van der Waals surface area contributed by atoms with Crippen LogP contribution in [0.25, 0.3) is 16.9 Å². The summed E-state index contributed by atoms with van der Waals surface area (Å²) in [6.07, 6.45) is 2.21. The number of fused-ring (bicyclic) bond motifs is 1. The quantitative estimate of drug-likeness (QED) is 0.735. The minimum absolute atomic E-state index is 0.0350. The average molecular weight is 373 g/mol. The Balaban J connectivity index is 1.91. The van der Waals surface area contributed by atoms with E-state index in [2.05, 4.69) is 15.4 Å². The van der Waals surface area contributed by atoms with Gasteiger partial charge >= 0.3 is 0 Å². The number of imidazole rings is 1. The van der Waals surface area contributed by atoms with Crippen LogP contribution >= 0.6 is 11.6 Å². The van der Waals surface area contributed by atoms with Crippen LogP contribution in [-0.2, 0) is 4.79 Å². The lowest BCUT2D eigenvalue weighted by molar-refractivity contribution is -0.117. The predicted molar refractivity (Wildman–Crippen MR) is 103 cm³/mol. The number of methoxy groups -OCH3 is 1. The van der Waals surface area contributed by atoms with Crippen molar-refractivity contribution in [3.05, 3.63) is 41.6 Å². The fourth-order valence-corrected chi connectivity index (χ4v) is 2.80. The SMILES string of the molecule is COc1ccc2nc(-c3cc(NC(=O)CC(C)(C)C)ccc3Cl)cn2n1. The number of carbonyl (C=O) groups is 1. The summed E-state index contributed by atoms with van der Waals surface area (Å²) in [6.45, 7) is 6.08. The maximum Gasteiger partial charge on any atom is 0.231 e. The molecule has 26 heavy (non-hydrogen) atoms. The van der Waals surface area contributed by atoms with E-state index in [1.54, 1.807) is 36.0 Å². The summed E-state index contributed by atoms with van der Waals surface area (Å²) in [4.78, 5) is 16.7. The van der Waals surface area contributed by atoms with Crippen LogP contribution in [0.1, 0.15) is 27.2 Å². The zero-order chi connectivity index (χ0) is 18.9. The van der Waals surface area contributed by atoms with Crippen molar-refractivity contribution in [2.75, 3.05) is 12.4 Å². The maximum absolute atomic E-state index is 12.2. The van der Waals surface area contributed by atoms with Crippen molar-refractivity contribution in [2.45, 2.75) is 27.2 Å². The molecule has 0 aliphatic carbocycles. The highest BCUT2D eigenvalue weighted by Gasteiger charge is 2.17. The topological polar surface area (TPSA) is 68.5 Å². The first kappa shape index (κ1) is 18.2. The van der Waals surface area contributed by atoms with E-state index in [1.165, 1.54) is 0 Å². The number of amides is 1. The van der Waals surface area contributed by atoms with Crippen molar-refractivity contribution in [1.29, 1.82) is 0 Å². The molecule has 0 atom stereocenters. The van der Waals surface area contributed by atoms with E-state index in [1.807, 2.05) is 32.9 Å². The van der Waals surface area contributed by atoms with E-state index in [-0.39, 0.29) is 11.3 Å². The van der Waals surface area contributed by atoms with Gasteiger partial charge in [0, 0.05) is 23.7 Å². The van der Waals surface area contributed by atoms with Gasteiger partial charge in [0.2, 0.25) is 11.8 Å². The molecule has 0 saturated carbocycles. The van der Waals surface area contributed by atoms with E-state index >= 15 is 0 Å². The van der Waals surface area contributed by atoms with Crippen LogP contribution in [0.3, 0.4) is 0 Å². The largest absolute Gasteiger partial charge is 0.480 e. The third-order valence-electron chi connectivity index (χ3n) is 3.72. The molecule has 0 bridgehead atoms. The molecule has 0 saturated heterocycles. The Bertz CT molecular complexity index is 960. The van der Waals surface area contributed by atoms with Gasteiger partial charge in [0.25, 0.3) is 0 Å². The fourth-order valence-electron chi connectivity index (χ4n) is 2.59. The molecule has 6 nitrogen and oxygen atoms in total. The smallest absolute Gasteiger partial charge is 0.231 e. The van der Waals surface area contributed by atoms with Crippen LogP contribution in [0.5, 0.6) is 5.88 Å². The summed E-state index contributed by atoms with van der Waals surface area (Å²) in [5.74, 6) is 0.461. The number of ether oxygens (including phenoxy) is 1. The highest BCUT2D eigenvalue weighted by atomic mass is 35.5. The molecule has 0 spiro atoms. The van der Waals surface area contributed by atoms with E-state index in [9.17, 15) is 4.79 Å². The van der Waals surface area contributed by atoms with Gasteiger partial charge in [0.15, 0.2) is 5.65 Å². The van der Waals surface area contributed by atoms with Crippen LogP contribution in [0.15, 0.2) is 36.5 Å². The number of anilines is 1. The number of aromatic nitrogens is 3. The lowest BCUT2D eigenvalue weighted by atomic mass is 9.92. The Labute approximate surface area is 157 Å². The van der Waals surface area contributed by atoms with Gasteiger partial charge in [0.05, 0.1) is 24.0 Å². The van der Waals surface area contributed by atoms with Crippen molar-refractivity contribution in [3.63, 3.8) is 0 Å². The van der Waals surface area contributed by atoms with Gasteiger partial charge in [-0.2, -0.15) is 0 Å². The zero-order valence-electron chi connectivity index (χ0n) is 15.2. The number of nitrogens with one attached hydrogen (secondary N) is 1. The Hall–Kier alpha value is -2.60. The minimum Gasteiger partial charge on any atom is -0.480 e. The molecule has 3 rings (SSSR count). The molecule has 0 aliphatic heterocycles. The van der Waals surface area contributed by atoms with Gasteiger partial charge in [-0.05, 0) is 29.7 Å². The lowest BCUT2D eigenvalue weighted by Crippen LogP contribution is -2.19. The standard InChI is InChI=1S/C19H21ClN4O2/c1-19(2,3)10-17(25)21-12-5-6-14(20)13(9-12)15-11-24-16(22-15)7-8-18(23-24)26-4/h5-9,11H,10H2,1-4H3,(H,21,25). The third-order valence-corrected chi connectivity index (χ3v) is 4.05. The molecule has 7 heteroatoms. The van der Waals surface area contributed by atoms with Crippen LogP contribution in [0.2, 0.25) is 5.02 Å². The average Bonchev–Trinajstić information content (AvgIpc) is 2.97. The Morgan fingerprint density at radius 2 is 2.04 bits per heavy atom. The number of hydrogen-bond donors (Lipinski definition) is 1. The summed E-state index contributed by atoms with van der Waals surface area (Å²) in [5, 5.41) is 7.77. The maximum atomic E-state index is 12.2. The first-order valence-electron chi connectivity index (χ1n) is 8.25. The Kier molecular flexibility index (Phi) is 4.87. The molecule has 0 fully saturated rings. The number of halogens is 1. The van der Waals surface area contributed by atoms with E-state index in [4.69, 9.17) is 16.3 Å². The van der Waals surface area contributed by atoms with E-state index < -0.39 is 0 Å². The summed E-state index contributed by atoms with van der Waals surface area (Å²) in [6, 6.07) is 8.92. The van der Waals surface area contributed by atoms with Crippen molar-refractivity contribution >= 4 is 28.8 Å². The monoisotopic (exact) mass is 372 g/mol. The summed E-state index contributed by atoms with van der Waals surface area (Å²) in [5.41, 5.74) is 2.68. The van der Waals surface area contributed by atoms with Gasteiger partial charge < -0.3 is 10.1 Å². The molecular weight excluding hydrogens is 352 g/mol. The van der Waals surface area contributed by atoms with Gasteiger partial charge in [-0.15, -0.1) is 5.10 Å². The molecule has 0 aliphatic rings. The van der Waals surface area contributed by atoms with Crippen LogP contribution < -0.4 is 10.1 Å². The molecule has 1 aromatic carbocycles. The van der Waals surface area contributed by atoms with E-state index in [0.29, 0.717) is 34.4 Å². The van der Waals surface area contributed by atoms with Gasteiger partial charge in [-0.25, -0.2) is 9.50 Å². The van der Waals surface area contributed by atoms with Crippen molar-refractivity contribution < 1.29 is 9.53 Å². The predicted octanol–water partition coefficient (Wildman–Crippen LogP) is 4.43. The van der Waals surface area contributed by atoms with Crippen molar-refractivity contribution in [3.8, 4) is 17.1 Å². The molecule has 2 heterocycles. The number of benzene rings is 1. The Morgan fingerprint density at radius 1 is 1.27 bits per heavy atom. The molecule has 136 valence electrons. The Morgan fingerprint density at radius 3 is 2.73 bits per heavy atom. The molecule has 2 aromatic heterocycles. The van der Waals surface area contributed by atoms with E-state index in [0.717, 1.165) is 5.56 Å². The molecule has 1 N–H and O–H groups in total. The van der Waals surface area contributed by atoms with Crippen LogP contribution in [0, 0.1) is 5.41 Å². The summed E-state index contributed by atoms with van der Waals surface area (Å²) < 4.78 is 6.76.